The lowest BCUT2D eigenvalue weighted by Crippen LogP contribution is -2.23. The number of hydrogen-bond acceptors (Lipinski definition) is 6. The molecule has 0 saturated carbocycles. The summed E-state index contributed by atoms with van der Waals surface area (Å²) in [6, 6.07) is 4.08. The number of ether oxygens (including phenoxy) is 2. The lowest BCUT2D eigenvalue weighted by atomic mass is 10.3. The Hall–Kier alpha value is -2.65. The molecule has 0 aliphatic carbocycles. The predicted molar refractivity (Wildman–Crippen MR) is 97.4 cm³/mol. The molecule has 8 nitrogen and oxygen atoms in total. The Bertz CT molecular complexity index is 813. The summed E-state index contributed by atoms with van der Waals surface area (Å²) in [4.78, 5) is 23.4. The lowest BCUT2D eigenvalue weighted by molar-refractivity contribution is -0.142. The maximum atomic E-state index is 12.2. The Morgan fingerprint density at radius 3 is 2.50 bits per heavy atom. The number of carbonyl (C=O) groups excluding carboxylic acids is 2. The summed E-state index contributed by atoms with van der Waals surface area (Å²) in [5, 5.41) is 2.47. The minimum absolute atomic E-state index is 0.00937. The highest BCUT2D eigenvalue weighted by Gasteiger charge is 2.20. The zero-order chi connectivity index (χ0) is 19.7. The van der Waals surface area contributed by atoms with Crippen LogP contribution in [0, 0.1) is 0 Å². The van der Waals surface area contributed by atoms with Gasteiger partial charge in [-0.25, -0.2) is 17.5 Å². The van der Waals surface area contributed by atoms with E-state index in [0.29, 0.717) is 0 Å². The minimum atomic E-state index is -3.67. The monoisotopic (exact) mass is 382 g/mol. The van der Waals surface area contributed by atoms with Crippen LogP contribution in [0.25, 0.3) is 0 Å². The summed E-state index contributed by atoms with van der Waals surface area (Å²) in [6.07, 6.45) is 6.04. The molecular formula is C17H22N2O6S. The molecule has 1 N–H and O–H groups in total. The van der Waals surface area contributed by atoms with E-state index in [9.17, 15) is 18.0 Å². The summed E-state index contributed by atoms with van der Waals surface area (Å²) in [6.45, 7) is 1.27. The highest BCUT2D eigenvalue weighted by molar-refractivity contribution is 7.89. The standard InChI is InChI=1S/C17H22N2O6S/c1-5-6-7-8-17(21)25-12-16(20)18-14-11-13(9-10-15(14)24-4)26(22,23)19(2)3/h5-11H,12H2,1-4H3,(H,18,20)/b6-5+,8-7+. The van der Waals surface area contributed by atoms with Gasteiger partial charge >= 0.3 is 5.97 Å². The van der Waals surface area contributed by atoms with Gasteiger partial charge in [-0.2, -0.15) is 0 Å². The topological polar surface area (TPSA) is 102 Å². The van der Waals surface area contributed by atoms with E-state index in [2.05, 4.69) is 5.32 Å². The fourth-order valence-electron chi connectivity index (χ4n) is 1.77. The van der Waals surface area contributed by atoms with Crippen LogP contribution >= 0.6 is 0 Å². The Balaban J connectivity index is 2.88. The summed E-state index contributed by atoms with van der Waals surface area (Å²) < 4.78 is 35.4. The number of nitrogens with zero attached hydrogens (tertiary/aromatic N) is 1. The van der Waals surface area contributed by atoms with E-state index in [4.69, 9.17) is 9.47 Å². The first kappa shape index (κ1) is 21.4. The molecule has 0 unspecified atom stereocenters. The molecule has 0 atom stereocenters. The van der Waals surface area contributed by atoms with Crippen molar-refractivity contribution in [2.75, 3.05) is 33.1 Å². The Morgan fingerprint density at radius 2 is 1.92 bits per heavy atom. The lowest BCUT2D eigenvalue weighted by Gasteiger charge is -2.15. The van der Waals surface area contributed by atoms with Crippen LogP contribution in [0.5, 0.6) is 5.75 Å². The molecule has 0 aliphatic heterocycles. The summed E-state index contributed by atoms with van der Waals surface area (Å²) >= 11 is 0. The Labute approximate surface area is 153 Å². The number of benzene rings is 1. The smallest absolute Gasteiger partial charge is 0.331 e. The van der Waals surface area contributed by atoms with Crippen LogP contribution in [0.4, 0.5) is 5.69 Å². The molecule has 0 saturated heterocycles. The molecule has 142 valence electrons. The van der Waals surface area contributed by atoms with E-state index in [0.717, 1.165) is 4.31 Å². The first-order valence-corrected chi connectivity index (χ1v) is 9.03. The van der Waals surface area contributed by atoms with Gasteiger partial charge in [0.1, 0.15) is 5.75 Å². The molecule has 26 heavy (non-hydrogen) atoms. The van der Waals surface area contributed by atoms with E-state index in [1.165, 1.54) is 51.6 Å². The second kappa shape index (κ2) is 9.73. The molecule has 0 aliphatic rings. The van der Waals surface area contributed by atoms with E-state index in [1.807, 2.05) is 0 Å². The molecule has 0 heterocycles. The molecule has 0 aromatic heterocycles. The third-order valence-corrected chi connectivity index (χ3v) is 4.92. The van der Waals surface area contributed by atoms with Gasteiger partial charge in [-0.1, -0.05) is 18.2 Å². The van der Waals surface area contributed by atoms with Gasteiger partial charge in [-0.05, 0) is 25.1 Å². The van der Waals surface area contributed by atoms with Gasteiger partial charge in [0.2, 0.25) is 10.0 Å². The molecule has 9 heteroatoms. The number of anilines is 1. The van der Waals surface area contributed by atoms with E-state index >= 15 is 0 Å². The number of carbonyl (C=O) groups is 2. The van der Waals surface area contributed by atoms with Crippen LogP contribution in [0.3, 0.4) is 0 Å². The van der Waals surface area contributed by atoms with E-state index in [-0.39, 0.29) is 16.3 Å². The summed E-state index contributed by atoms with van der Waals surface area (Å²) in [7, 11) is 0.516. The van der Waals surface area contributed by atoms with Crippen molar-refractivity contribution in [3.8, 4) is 5.75 Å². The van der Waals surface area contributed by atoms with Crippen molar-refractivity contribution in [1.82, 2.24) is 4.31 Å². The van der Waals surface area contributed by atoms with Crippen molar-refractivity contribution in [3.05, 3.63) is 42.5 Å². The van der Waals surface area contributed by atoms with Crippen molar-refractivity contribution < 1.29 is 27.5 Å². The van der Waals surface area contributed by atoms with Crippen LogP contribution in [0.2, 0.25) is 0 Å². The highest BCUT2D eigenvalue weighted by atomic mass is 32.2. The largest absolute Gasteiger partial charge is 0.495 e. The quantitative estimate of drug-likeness (QED) is 0.416. The molecule has 0 spiro atoms. The Kier molecular flexibility index (Phi) is 8.01. The Morgan fingerprint density at radius 1 is 1.23 bits per heavy atom. The van der Waals surface area contributed by atoms with Crippen LogP contribution in [0.1, 0.15) is 6.92 Å². The molecule has 0 bridgehead atoms. The van der Waals surface area contributed by atoms with Crippen LogP contribution < -0.4 is 10.1 Å². The fraction of sp³-hybridized carbons (Fsp3) is 0.294. The second-order valence-electron chi connectivity index (χ2n) is 5.19. The van der Waals surface area contributed by atoms with Crippen LogP contribution in [-0.2, 0) is 24.3 Å². The summed E-state index contributed by atoms with van der Waals surface area (Å²) in [5.41, 5.74) is 0.154. The number of nitrogens with one attached hydrogen (secondary N) is 1. The average molecular weight is 382 g/mol. The number of esters is 1. The van der Waals surface area contributed by atoms with Gasteiger partial charge in [-0.15, -0.1) is 0 Å². The average Bonchev–Trinajstić information content (AvgIpc) is 2.60. The number of amides is 1. The molecule has 1 aromatic rings. The van der Waals surface area contributed by atoms with Crippen molar-refractivity contribution in [1.29, 1.82) is 0 Å². The van der Waals surface area contributed by atoms with E-state index < -0.39 is 28.5 Å². The number of rotatable bonds is 8. The number of methoxy groups -OCH3 is 1. The molecule has 0 radical (unpaired) electrons. The molecular weight excluding hydrogens is 360 g/mol. The summed E-state index contributed by atoms with van der Waals surface area (Å²) in [5.74, 6) is -1.03. The maximum Gasteiger partial charge on any atom is 0.331 e. The van der Waals surface area contributed by atoms with Gasteiger partial charge in [0.05, 0.1) is 17.7 Å². The van der Waals surface area contributed by atoms with Gasteiger partial charge in [0, 0.05) is 20.2 Å². The third-order valence-electron chi connectivity index (χ3n) is 3.10. The van der Waals surface area contributed by atoms with Gasteiger partial charge in [-0.3, -0.25) is 4.79 Å². The highest BCUT2D eigenvalue weighted by Crippen LogP contribution is 2.28. The number of hydrogen-bond donors (Lipinski definition) is 1. The maximum absolute atomic E-state index is 12.2. The SMILES string of the molecule is C/C=C/C=C/C(=O)OCC(=O)Nc1cc(S(=O)(=O)N(C)C)ccc1OC. The third kappa shape index (κ3) is 6.01. The fourth-order valence-corrected chi connectivity index (χ4v) is 2.70. The molecule has 1 amide bonds. The second-order valence-corrected chi connectivity index (χ2v) is 7.34. The normalized spacial score (nSPS) is 11.9. The van der Waals surface area contributed by atoms with Gasteiger partial charge in [0.25, 0.3) is 5.91 Å². The number of sulfonamides is 1. The predicted octanol–water partition coefficient (Wildman–Crippen LogP) is 1.56. The first-order valence-electron chi connectivity index (χ1n) is 7.59. The molecule has 1 rings (SSSR count). The first-order chi connectivity index (χ1) is 12.2. The van der Waals surface area contributed by atoms with Crippen molar-refractivity contribution in [2.24, 2.45) is 0 Å². The van der Waals surface area contributed by atoms with Gasteiger partial charge < -0.3 is 14.8 Å². The molecule has 1 aromatic carbocycles. The zero-order valence-corrected chi connectivity index (χ0v) is 15.9. The van der Waals surface area contributed by atoms with E-state index in [1.54, 1.807) is 19.1 Å². The minimum Gasteiger partial charge on any atom is -0.495 e. The number of allylic oxidation sites excluding steroid dienone is 3. The van der Waals surface area contributed by atoms with Crippen LogP contribution in [0.15, 0.2) is 47.4 Å². The van der Waals surface area contributed by atoms with Crippen molar-refractivity contribution in [3.63, 3.8) is 0 Å². The zero-order valence-electron chi connectivity index (χ0n) is 15.1. The van der Waals surface area contributed by atoms with Crippen molar-refractivity contribution >= 4 is 27.6 Å². The van der Waals surface area contributed by atoms with Crippen molar-refractivity contribution in [2.45, 2.75) is 11.8 Å². The molecule has 0 fully saturated rings. The van der Waals surface area contributed by atoms with Crippen LogP contribution in [-0.4, -0.2) is 52.4 Å². The van der Waals surface area contributed by atoms with Gasteiger partial charge in [0.15, 0.2) is 6.61 Å².